The quantitative estimate of drug-likeness (QED) is 0.462. The summed E-state index contributed by atoms with van der Waals surface area (Å²) in [6.07, 6.45) is 7.65. The summed E-state index contributed by atoms with van der Waals surface area (Å²) < 4.78 is -1.85. The number of likely N-dealkylation sites (tertiary alicyclic amines) is 1. The summed E-state index contributed by atoms with van der Waals surface area (Å²) in [5, 5.41) is 0.784. The van der Waals surface area contributed by atoms with Crippen molar-refractivity contribution in [2.45, 2.75) is 18.2 Å². The SMILES string of the molecule is CN1CCCC1S(C)(C)(I)(I)I. The molecule has 0 aromatic rings. The van der Waals surface area contributed by atoms with Crippen LogP contribution in [0.5, 0.6) is 0 Å². The Morgan fingerprint density at radius 3 is 1.92 bits per heavy atom. The van der Waals surface area contributed by atoms with Crippen LogP contribution in [0.25, 0.3) is 0 Å². The first-order valence-electron chi connectivity index (χ1n) is 3.94. The maximum Gasteiger partial charge on any atom is 0.0498 e. The smallest absolute Gasteiger partial charge is 0.0498 e. The van der Waals surface area contributed by atoms with Gasteiger partial charge in [0.05, 0.1) is 0 Å². The molecule has 1 nitrogen and oxygen atoms in total. The predicted molar refractivity (Wildman–Crippen MR) is 87.2 cm³/mol. The third kappa shape index (κ3) is 3.27. The molecule has 0 N–H and O–H groups in total. The molecule has 1 fully saturated rings. The van der Waals surface area contributed by atoms with Crippen LogP contribution in [0, 0.1) is 0 Å². The van der Waals surface area contributed by atoms with E-state index in [4.69, 9.17) is 0 Å². The molecule has 0 saturated carbocycles. The van der Waals surface area contributed by atoms with E-state index in [9.17, 15) is 0 Å². The van der Waals surface area contributed by atoms with E-state index in [0.29, 0.717) is 0 Å². The summed E-state index contributed by atoms with van der Waals surface area (Å²) in [6.45, 7) is 1.28. The molecule has 76 valence electrons. The van der Waals surface area contributed by atoms with Gasteiger partial charge in [0.15, 0.2) is 0 Å². The molecule has 1 aliphatic heterocycles. The highest BCUT2D eigenvalue weighted by Crippen LogP contribution is 3.06. The molecular weight excluding hydrogens is 511 g/mol. The van der Waals surface area contributed by atoms with Crippen molar-refractivity contribution in [2.75, 3.05) is 26.1 Å². The lowest BCUT2D eigenvalue weighted by Crippen LogP contribution is -2.36. The molecule has 0 aromatic heterocycles. The Bertz CT molecular complexity index is 194. The third-order valence-corrected chi connectivity index (χ3v) is 9.89. The minimum Gasteiger partial charge on any atom is -0.295 e. The molecule has 1 unspecified atom stereocenters. The third-order valence-electron chi connectivity index (χ3n) is 2.31. The Kier molecular flexibility index (Phi) is 3.15. The Labute approximate surface area is 111 Å². The fourth-order valence-electron chi connectivity index (χ4n) is 1.81. The molecule has 1 heterocycles. The van der Waals surface area contributed by atoms with Crippen LogP contribution in [-0.2, 0) is 0 Å². The van der Waals surface area contributed by atoms with E-state index < -0.39 is -0.192 Å². The van der Waals surface area contributed by atoms with Gasteiger partial charge in [0.25, 0.3) is 0 Å². The zero-order chi connectivity index (χ0) is 9.68. The van der Waals surface area contributed by atoms with Gasteiger partial charge in [-0.25, -0.2) is 0 Å². The zero-order valence-electron chi connectivity index (χ0n) is 7.69. The lowest BCUT2D eigenvalue weighted by atomic mass is 10.4. The molecule has 1 rings (SSSR count). The van der Waals surface area contributed by atoms with Gasteiger partial charge in [0.2, 0.25) is 0 Å². The van der Waals surface area contributed by atoms with Crippen LogP contribution in [0.2, 0.25) is 0 Å². The fraction of sp³-hybridized carbons (Fsp3) is 1.00. The van der Waals surface area contributed by atoms with Crippen molar-refractivity contribution < 1.29 is 0 Å². The van der Waals surface area contributed by atoms with E-state index in [1.54, 1.807) is 0 Å². The maximum absolute atomic E-state index is 2.71. The average Bonchev–Trinajstić information content (AvgIpc) is 2.06. The largest absolute Gasteiger partial charge is 0.295 e. The minimum atomic E-state index is -1.85. The molecule has 0 spiro atoms. The molecule has 1 saturated heterocycles. The average molecular weight is 527 g/mol. The van der Waals surface area contributed by atoms with Gasteiger partial charge < -0.3 is 0 Å². The van der Waals surface area contributed by atoms with Crippen LogP contribution in [-0.4, -0.2) is 36.4 Å². The number of rotatable bonds is 1. The normalized spacial score (nSPS) is 33.0. The molecule has 5 heteroatoms. The lowest BCUT2D eigenvalue weighted by molar-refractivity contribution is 0.389. The first-order valence-corrected chi connectivity index (χ1v) is 14.9. The molecule has 0 aliphatic carbocycles. The van der Waals surface area contributed by atoms with Gasteiger partial charge in [-0.15, -0.1) is -0.192 Å². The summed E-state index contributed by atoms with van der Waals surface area (Å²) in [7, 11) is 2.26. The number of hydrogen-bond acceptors (Lipinski definition) is 1. The van der Waals surface area contributed by atoms with Crippen LogP contribution in [0.4, 0.5) is 0 Å². The fourth-order valence-corrected chi connectivity index (χ4v) is 9.73. The Hall–Kier alpha value is 2.50. The second-order valence-electron chi connectivity index (χ2n) is 4.33. The van der Waals surface area contributed by atoms with Crippen LogP contribution >= 0.6 is 63.4 Å². The first kappa shape index (κ1) is 12.6. The summed E-state index contributed by atoms with van der Waals surface area (Å²) in [5.41, 5.74) is 0. The molecule has 0 bridgehead atoms. The number of nitrogens with zero attached hydrogens (tertiary/aromatic N) is 1. The highest BCUT2D eigenvalue weighted by Gasteiger charge is 2.54. The molecule has 0 radical (unpaired) electrons. The lowest BCUT2D eigenvalue weighted by Gasteiger charge is -2.64. The summed E-state index contributed by atoms with van der Waals surface area (Å²) >= 11 is 8.14. The van der Waals surface area contributed by atoms with Crippen LogP contribution < -0.4 is 0 Å². The van der Waals surface area contributed by atoms with Gasteiger partial charge in [0.1, 0.15) is 0 Å². The monoisotopic (exact) mass is 527 g/mol. The van der Waals surface area contributed by atoms with Crippen molar-refractivity contribution in [1.29, 1.82) is 0 Å². The Morgan fingerprint density at radius 1 is 1.25 bits per heavy atom. The summed E-state index contributed by atoms with van der Waals surface area (Å²) in [6, 6.07) is 0. The van der Waals surface area contributed by atoms with Crippen molar-refractivity contribution in [2.24, 2.45) is 0 Å². The molecule has 0 amide bonds. The molecular formula is C7H16I3NS. The van der Waals surface area contributed by atoms with E-state index in [-0.39, 0.29) is 0 Å². The Morgan fingerprint density at radius 2 is 1.75 bits per heavy atom. The highest BCUT2D eigenvalue weighted by molar-refractivity contribution is 14.5. The van der Waals surface area contributed by atoms with Gasteiger partial charge >= 0.3 is 0 Å². The second-order valence-corrected chi connectivity index (χ2v) is 52.9. The minimum absolute atomic E-state index is 0.784. The van der Waals surface area contributed by atoms with Crippen LogP contribution in [0.15, 0.2) is 0 Å². The zero-order valence-corrected chi connectivity index (χ0v) is 15.0. The van der Waals surface area contributed by atoms with E-state index in [1.807, 2.05) is 0 Å². The number of hydrogen-bond donors (Lipinski definition) is 0. The van der Waals surface area contributed by atoms with E-state index in [2.05, 4.69) is 88.1 Å². The van der Waals surface area contributed by atoms with Crippen molar-refractivity contribution >= 4 is 63.4 Å². The molecule has 0 aromatic carbocycles. The van der Waals surface area contributed by atoms with Crippen LogP contribution in [0.1, 0.15) is 12.8 Å². The van der Waals surface area contributed by atoms with Gasteiger partial charge in [-0.1, -0.05) is 0 Å². The molecule has 12 heavy (non-hydrogen) atoms. The van der Waals surface area contributed by atoms with Crippen molar-refractivity contribution in [3.63, 3.8) is 0 Å². The summed E-state index contributed by atoms with van der Waals surface area (Å²) in [4.78, 5) is 2.53. The van der Waals surface area contributed by atoms with Gasteiger partial charge in [-0.3, -0.25) is 4.90 Å². The standard InChI is InChI=1S/C7H16I3NS/c1-11-6-4-5-7(11)12(2,3,8,9)10/h7H,4-6H2,1-3H3. The van der Waals surface area contributed by atoms with E-state index in [1.165, 1.54) is 19.4 Å². The van der Waals surface area contributed by atoms with Gasteiger partial charge in [-0.05, 0) is 103 Å². The van der Waals surface area contributed by atoms with Crippen molar-refractivity contribution in [1.82, 2.24) is 4.90 Å². The summed E-state index contributed by atoms with van der Waals surface area (Å²) in [5.74, 6) is 0. The molecule has 1 atom stereocenters. The van der Waals surface area contributed by atoms with Crippen LogP contribution in [0.3, 0.4) is 0 Å². The van der Waals surface area contributed by atoms with E-state index >= 15 is 0 Å². The topological polar surface area (TPSA) is 3.24 Å². The van der Waals surface area contributed by atoms with Crippen molar-refractivity contribution in [3.05, 3.63) is 0 Å². The highest BCUT2D eigenvalue weighted by atomic mass is 127. The molecule has 1 aliphatic rings. The van der Waals surface area contributed by atoms with E-state index in [0.717, 1.165) is 5.37 Å². The Balaban J connectivity index is 2.97. The maximum atomic E-state index is 2.71. The van der Waals surface area contributed by atoms with Gasteiger partial charge in [0, 0.05) is 5.37 Å². The first-order chi connectivity index (χ1) is 5.00. The predicted octanol–water partition coefficient (Wildman–Crippen LogP) is 4.22. The van der Waals surface area contributed by atoms with Gasteiger partial charge in [-0.2, -0.15) is 0 Å². The van der Waals surface area contributed by atoms with Crippen molar-refractivity contribution in [3.8, 4) is 0 Å². The number of halogens is 3. The second kappa shape index (κ2) is 3.00.